The minimum absolute atomic E-state index is 0.322. The number of carbonyl (C=O) groups is 1. The molecule has 0 bridgehead atoms. The van der Waals surface area contributed by atoms with Gasteiger partial charge in [0.1, 0.15) is 5.75 Å². The number of hydrogen-bond donors (Lipinski definition) is 1. The van der Waals surface area contributed by atoms with Crippen LogP contribution < -0.4 is 10.1 Å². The van der Waals surface area contributed by atoms with Gasteiger partial charge in [0.05, 0.1) is 23.4 Å². The van der Waals surface area contributed by atoms with E-state index in [1.807, 2.05) is 19.1 Å². The molecule has 0 radical (unpaired) electrons. The predicted molar refractivity (Wildman–Crippen MR) is 82.1 cm³/mol. The molecule has 0 saturated carbocycles. The van der Waals surface area contributed by atoms with Gasteiger partial charge in [-0.3, -0.25) is 4.79 Å². The van der Waals surface area contributed by atoms with E-state index in [2.05, 4.69) is 5.32 Å². The largest absolute Gasteiger partial charge is 0.495 e. The molecule has 0 saturated heterocycles. The van der Waals surface area contributed by atoms with Gasteiger partial charge in [-0.05, 0) is 42.8 Å². The molecule has 104 valence electrons. The first kappa shape index (κ1) is 14.7. The zero-order valence-corrected chi connectivity index (χ0v) is 12.5. The van der Waals surface area contributed by atoms with Crippen LogP contribution in [0.2, 0.25) is 10.0 Å². The summed E-state index contributed by atoms with van der Waals surface area (Å²) in [5, 5.41) is 3.58. The summed E-state index contributed by atoms with van der Waals surface area (Å²) in [7, 11) is 1.55. The van der Waals surface area contributed by atoms with E-state index in [0.717, 1.165) is 5.56 Å². The van der Waals surface area contributed by atoms with E-state index < -0.39 is 0 Å². The number of anilines is 1. The van der Waals surface area contributed by atoms with Crippen LogP contribution >= 0.6 is 23.2 Å². The molecule has 1 N–H and O–H groups in total. The Labute approximate surface area is 127 Å². The highest BCUT2D eigenvalue weighted by Crippen LogP contribution is 2.27. The maximum atomic E-state index is 12.3. The van der Waals surface area contributed by atoms with Gasteiger partial charge in [-0.1, -0.05) is 29.3 Å². The van der Waals surface area contributed by atoms with Gasteiger partial charge in [0, 0.05) is 5.02 Å². The Kier molecular flexibility index (Phi) is 4.53. The quantitative estimate of drug-likeness (QED) is 0.902. The molecule has 0 aliphatic carbocycles. The van der Waals surface area contributed by atoms with Crippen molar-refractivity contribution in [2.45, 2.75) is 6.92 Å². The van der Waals surface area contributed by atoms with Crippen molar-refractivity contribution in [3.05, 3.63) is 57.6 Å². The van der Waals surface area contributed by atoms with Gasteiger partial charge >= 0.3 is 0 Å². The third-order valence-electron chi connectivity index (χ3n) is 2.78. The van der Waals surface area contributed by atoms with Crippen LogP contribution in [0.1, 0.15) is 15.9 Å². The van der Waals surface area contributed by atoms with Gasteiger partial charge in [-0.15, -0.1) is 0 Å². The fourth-order valence-corrected chi connectivity index (χ4v) is 2.16. The lowest BCUT2D eigenvalue weighted by atomic mass is 10.1. The Morgan fingerprint density at radius 2 is 1.90 bits per heavy atom. The summed E-state index contributed by atoms with van der Waals surface area (Å²) in [6.07, 6.45) is 0. The molecule has 0 fully saturated rings. The molecule has 1 amide bonds. The van der Waals surface area contributed by atoms with E-state index in [1.54, 1.807) is 25.3 Å². The summed E-state index contributed by atoms with van der Waals surface area (Å²) in [4.78, 5) is 12.3. The van der Waals surface area contributed by atoms with Gasteiger partial charge in [0.2, 0.25) is 0 Å². The van der Waals surface area contributed by atoms with E-state index >= 15 is 0 Å². The molecule has 0 atom stereocenters. The second-order valence-corrected chi connectivity index (χ2v) is 5.13. The van der Waals surface area contributed by atoms with E-state index in [9.17, 15) is 4.79 Å². The number of carbonyl (C=O) groups excluding carboxylic acids is 1. The standard InChI is InChI=1S/C15H13Cl2NO2/c1-9-3-6-14(20-2)13(7-9)18-15(19)11-8-10(16)4-5-12(11)17/h3-8H,1-2H3,(H,18,19). The summed E-state index contributed by atoms with van der Waals surface area (Å²) >= 11 is 11.9. The van der Waals surface area contributed by atoms with E-state index in [-0.39, 0.29) is 5.91 Å². The number of nitrogens with one attached hydrogen (secondary N) is 1. The molecule has 0 aliphatic heterocycles. The van der Waals surface area contributed by atoms with Crippen LogP contribution in [0, 0.1) is 6.92 Å². The third-order valence-corrected chi connectivity index (χ3v) is 3.34. The second kappa shape index (κ2) is 6.16. The molecule has 0 aromatic heterocycles. The first-order chi connectivity index (χ1) is 9.51. The van der Waals surface area contributed by atoms with Crippen LogP contribution in [-0.2, 0) is 0 Å². The van der Waals surface area contributed by atoms with E-state index in [4.69, 9.17) is 27.9 Å². The Morgan fingerprint density at radius 1 is 1.15 bits per heavy atom. The normalized spacial score (nSPS) is 10.2. The molecule has 0 aliphatic rings. The smallest absolute Gasteiger partial charge is 0.257 e. The van der Waals surface area contributed by atoms with Crippen molar-refractivity contribution >= 4 is 34.8 Å². The minimum atomic E-state index is -0.332. The predicted octanol–water partition coefficient (Wildman–Crippen LogP) is 4.56. The Bertz CT molecular complexity index is 656. The molecular formula is C15H13Cl2NO2. The van der Waals surface area contributed by atoms with Crippen molar-refractivity contribution in [1.29, 1.82) is 0 Å². The molecule has 5 heteroatoms. The number of benzene rings is 2. The van der Waals surface area contributed by atoms with Crippen molar-refractivity contribution in [2.75, 3.05) is 12.4 Å². The van der Waals surface area contributed by atoms with Gasteiger partial charge in [-0.2, -0.15) is 0 Å². The third kappa shape index (κ3) is 3.24. The number of aryl methyl sites for hydroxylation is 1. The van der Waals surface area contributed by atoms with Crippen LogP contribution in [-0.4, -0.2) is 13.0 Å². The summed E-state index contributed by atoms with van der Waals surface area (Å²) in [6.45, 7) is 1.93. The molecule has 2 aromatic rings. The minimum Gasteiger partial charge on any atom is -0.495 e. The Hall–Kier alpha value is -1.71. The molecule has 2 aromatic carbocycles. The highest BCUT2D eigenvalue weighted by Gasteiger charge is 2.13. The summed E-state index contributed by atoms with van der Waals surface area (Å²) in [6, 6.07) is 10.3. The number of amides is 1. The SMILES string of the molecule is COc1ccc(C)cc1NC(=O)c1cc(Cl)ccc1Cl. The fourth-order valence-electron chi connectivity index (χ4n) is 1.78. The summed E-state index contributed by atoms with van der Waals surface area (Å²) < 4.78 is 5.22. The van der Waals surface area contributed by atoms with E-state index in [1.165, 1.54) is 6.07 Å². The van der Waals surface area contributed by atoms with Crippen LogP contribution in [0.4, 0.5) is 5.69 Å². The highest BCUT2D eigenvalue weighted by molar-refractivity contribution is 6.36. The number of hydrogen-bond acceptors (Lipinski definition) is 2. The van der Waals surface area contributed by atoms with Crippen molar-refractivity contribution in [3.8, 4) is 5.75 Å². The average molecular weight is 310 g/mol. The second-order valence-electron chi connectivity index (χ2n) is 4.28. The molecule has 2 rings (SSSR count). The number of halogens is 2. The number of rotatable bonds is 3. The lowest BCUT2D eigenvalue weighted by Gasteiger charge is -2.12. The van der Waals surface area contributed by atoms with Crippen LogP contribution in [0.3, 0.4) is 0 Å². The maximum absolute atomic E-state index is 12.3. The molecule has 0 spiro atoms. The summed E-state index contributed by atoms with van der Waals surface area (Å²) in [5.74, 6) is 0.253. The zero-order chi connectivity index (χ0) is 14.7. The van der Waals surface area contributed by atoms with Gasteiger partial charge < -0.3 is 10.1 Å². The first-order valence-corrected chi connectivity index (χ1v) is 6.68. The topological polar surface area (TPSA) is 38.3 Å². The van der Waals surface area contributed by atoms with Crippen molar-refractivity contribution < 1.29 is 9.53 Å². The average Bonchev–Trinajstić information content (AvgIpc) is 2.41. The van der Waals surface area contributed by atoms with Crippen molar-refractivity contribution in [3.63, 3.8) is 0 Å². The van der Waals surface area contributed by atoms with Gasteiger partial charge in [-0.25, -0.2) is 0 Å². The highest BCUT2D eigenvalue weighted by atomic mass is 35.5. The molecule has 0 heterocycles. The van der Waals surface area contributed by atoms with Crippen LogP contribution in [0.15, 0.2) is 36.4 Å². The van der Waals surface area contributed by atoms with E-state index in [0.29, 0.717) is 27.0 Å². The Balaban J connectivity index is 2.32. The van der Waals surface area contributed by atoms with Crippen molar-refractivity contribution in [1.82, 2.24) is 0 Å². The Morgan fingerprint density at radius 3 is 2.60 bits per heavy atom. The molecule has 3 nitrogen and oxygen atoms in total. The van der Waals surface area contributed by atoms with Crippen molar-refractivity contribution in [2.24, 2.45) is 0 Å². The van der Waals surface area contributed by atoms with Gasteiger partial charge in [0.15, 0.2) is 0 Å². The maximum Gasteiger partial charge on any atom is 0.257 e. The number of methoxy groups -OCH3 is 1. The first-order valence-electron chi connectivity index (χ1n) is 5.92. The lowest BCUT2D eigenvalue weighted by molar-refractivity contribution is 0.102. The monoisotopic (exact) mass is 309 g/mol. The van der Waals surface area contributed by atoms with Gasteiger partial charge in [0.25, 0.3) is 5.91 Å². The lowest BCUT2D eigenvalue weighted by Crippen LogP contribution is -2.13. The van der Waals surface area contributed by atoms with Crippen LogP contribution in [0.5, 0.6) is 5.75 Å². The summed E-state index contributed by atoms with van der Waals surface area (Å²) in [5.41, 5.74) is 1.93. The van der Waals surface area contributed by atoms with Crippen LogP contribution in [0.25, 0.3) is 0 Å². The molecular weight excluding hydrogens is 297 g/mol. The molecule has 20 heavy (non-hydrogen) atoms. The fraction of sp³-hybridized carbons (Fsp3) is 0.133. The zero-order valence-electron chi connectivity index (χ0n) is 11.0. The molecule has 0 unspecified atom stereocenters. The number of ether oxygens (including phenoxy) is 1.